The number of hydrogen-bond donors (Lipinski definition) is 1. The van der Waals surface area contributed by atoms with Crippen LogP contribution < -0.4 is 5.32 Å². The standard InChI is InChI=1S/C11H10F5NO/c1-2-8(18)17-10(11(14,15)16)6-4-3-5-7(12)9(6)13/h3-5,10H,2H2,1H3,(H,17,18)/t10-/m1/s1. The highest BCUT2D eigenvalue weighted by Gasteiger charge is 2.43. The molecule has 0 spiro atoms. The van der Waals surface area contributed by atoms with Crippen molar-refractivity contribution in [2.45, 2.75) is 25.6 Å². The zero-order chi connectivity index (χ0) is 13.9. The number of benzene rings is 1. The van der Waals surface area contributed by atoms with Crippen LogP contribution in [0.2, 0.25) is 0 Å². The second-order valence-corrected chi connectivity index (χ2v) is 3.54. The summed E-state index contributed by atoms with van der Waals surface area (Å²) in [5, 5.41) is 1.62. The molecule has 1 aromatic carbocycles. The number of carbonyl (C=O) groups is 1. The molecule has 0 aliphatic carbocycles. The highest BCUT2D eigenvalue weighted by atomic mass is 19.4. The molecule has 100 valence electrons. The molecular formula is C11H10F5NO. The molecule has 0 unspecified atom stereocenters. The van der Waals surface area contributed by atoms with Crippen molar-refractivity contribution >= 4 is 5.91 Å². The van der Waals surface area contributed by atoms with E-state index in [1.54, 1.807) is 5.32 Å². The molecule has 0 bridgehead atoms. The van der Waals surface area contributed by atoms with Gasteiger partial charge < -0.3 is 5.32 Å². The number of amides is 1. The first-order valence-corrected chi connectivity index (χ1v) is 5.07. The molecule has 7 heteroatoms. The molecule has 0 radical (unpaired) electrons. The fourth-order valence-corrected chi connectivity index (χ4v) is 1.34. The lowest BCUT2D eigenvalue weighted by Gasteiger charge is -2.22. The Labute approximate surface area is 99.8 Å². The molecule has 18 heavy (non-hydrogen) atoms. The van der Waals surface area contributed by atoms with Crippen LogP contribution in [0.5, 0.6) is 0 Å². The van der Waals surface area contributed by atoms with Crippen LogP contribution in [0.25, 0.3) is 0 Å². The highest BCUT2D eigenvalue weighted by molar-refractivity contribution is 5.76. The van der Waals surface area contributed by atoms with Gasteiger partial charge >= 0.3 is 6.18 Å². The van der Waals surface area contributed by atoms with E-state index in [2.05, 4.69) is 0 Å². The fraction of sp³-hybridized carbons (Fsp3) is 0.364. The summed E-state index contributed by atoms with van der Waals surface area (Å²) in [5.41, 5.74) is -0.940. The predicted molar refractivity (Wildman–Crippen MR) is 53.6 cm³/mol. The van der Waals surface area contributed by atoms with Gasteiger partial charge in [-0.25, -0.2) is 8.78 Å². The second-order valence-electron chi connectivity index (χ2n) is 3.54. The molecule has 0 fully saturated rings. The maximum atomic E-state index is 13.3. The predicted octanol–water partition coefficient (Wildman–Crippen LogP) is 3.09. The van der Waals surface area contributed by atoms with Crippen molar-refractivity contribution < 1.29 is 26.7 Å². The van der Waals surface area contributed by atoms with Crippen LogP contribution in [0.4, 0.5) is 22.0 Å². The summed E-state index contributed by atoms with van der Waals surface area (Å²) in [7, 11) is 0. The van der Waals surface area contributed by atoms with Gasteiger partial charge in [0, 0.05) is 12.0 Å². The minimum atomic E-state index is -4.90. The largest absolute Gasteiger partial charge is 0.412 e. The highest BCUT2D eigenvalue weighted by Crippen LogP contribution is 2.34. The van der Waals surface area contributed by atoms with E-state index in [9.17, 15) is 26.7 Å². The summed E-state index contributed by atoms with van der Waals surface area (Å²) in [6, 6.07) is -0.119. The first kappa shape index (κ1) is 14.4. The second kappa shape index (κ2) is 5.32. The van der Waals surface area contributed by atoms with Crippen LogP contribution in [-0.4, -0.2) is 12.1 Å². The molecule has 1 rings (SSSR count). The summed E-state index contributed by atoms with van der Waals surface area (Å²) in [6.07, 6.45) is -5.09. The Hall–Kier alpha value is -1.66. The Morgan fingerprint density at radius 2 is 1.94 bits per heavy atom. The van der Waals surface area contributed by atoms with Crippen molar-refractivity contribution in [3.8, 4) is 0 Å². The van der Waals surface area contributed by atoms with Gasteiger partial charge in [-0.05, 0) is 6.07 Å². The quantitative estimate of drug-likeness (QED) is 0.838. The van der Waals surface area contributed by atoms with Crippen molar-refractivity contribution in [3.63, 3.8) is 0 Å². The Morgan fingerprint density at radius 3 is 2.44 bits per heavy atom. The van der Waals surface area contributed by atoms with Gasteiger partial charge in [-0.3, -0.25) is 4.79 Å². The summed E-state index contributed by atoms with van der Waals surface area (Å²) < 4.78 is 64.3. The third-order valence-corrected chi connectivity index (χ3v) is 2.25. The molecule has 1 atom stereocenters. The minimum absolute atomic E-state index is 0.191. The van der Waals surface area contributed by atoms with Gasteiger partial charge in [0.05, 0.1) is 0 Å². The Kier molecular flexibility index (Phi) is 4.26. The molecule has 0 saturated carbocycles. The molecule has 0 heterocycles. The first-order valence-electron chi connectivity index (χ1n) is 5.07. The van der Waals surface area contributed by atoms with E-state index < -0.39 is 35.3 Å². The number of rotatable bonds is 3. The third-order valence-electron chi connectivity index (χ3n) is 2.25. The van der Waals surface area contributed by atoms with Crippen LogP contribution >= 0.6 is 0 Å². The van der Waals surface area contributed by atoms with E-state index in [0.717, 1.165) is 12.1 Å². The topological polar surface area (TPSA) is 29.1 Å². The van der Waals surface area contributed by atoms with Crippen LogP contribution in [0.1, 0.15) is 24.9 Å². The Morgan fingerprint density at radius 1 is 1.33 bits per heavy atom. The normalized spacial score (nSPS) is 13.2. The van der Waals surface area contributed by atoms with E-state index in [0.29, 0.717) is 6.07 Å². The molecule has 1 amide bonds. The molecule has 1 N–H and O–H groups in total. The van der Waals surface area contributed by atoms with Gasteiger partial charge in [0.25, 0.3) is 0 Å². The molecule has 0 aromatic heterocycles. The van der Waals surface area contributed by atoms with Crippen molar-refractivity contribution in [1.82, 2.24) is 5.32 Å². The van der Waals surface area contributed by atoms with Crippen LogP contribution in [0, 0.1) is 11.6 Å². The summed E-state index contributed by atoms with van der Waals surface area (Å²) >= 11 is 0. The molecule has 2 nitrogen and oxygen atoms in total. The maximum Gasteiger partial charge on any atom is 0.412 e. The monoisotopic (exact) mass is 267 g/mol. The van der Waals surface area contributed by atoms with Gasteiger partial charge in [0.15, 0.2) is 17.7 Å². The summed E-state index contributed by atoms with van der Waals surface area (Å²) in [4.78, 5) is 11.0. The summed E-state index contributed by atoms with van der Waals surface area (Å²) in [6.45, 7) is 1.35. The Balaban J connectivity index is 3.18. The molecule has 1 aromatic rings. The van der Waals surface area contributed by atoms with Crippen molar-refractivity contribution in [3.05, 3.63) is 35.4 Å². The first-order chi connectivity index (χ1) is 8.27. The van der Waals surface area contributed by atoms with Crippen LogP contribution in [0.15, 0.2) is 18.2 Å². The van der Waals surface area contributed by atoms with Gasteiger partial charge in [-0.2, -0.15) is 13.2 Å². The third kappa shape index (κ3) is 3.18. The number of hydrogen-bond acceptors (Lipinski definition) is 1. The molecule has 0 saturated heterocycles. The number of alkyl halides is 3. The lowest BCUT2D eigenvalue weighted by atomic mass is 10.1. The van der Waals surface area contributed by atoms with Gasteiger partial charge in [0.2, 0.25) is 5.91 Å². The number of nitrogens with one attached hydrogen (secondary N) is 1. The van der Waals surface area contributed by atoms with E-state index >= 15 is 0 Å². The molecule has 0 aliphatic heterocycles. The lowest BCUT2D eigenvalue weighted by molar-refractivity contribution is -0.164. The van der Waals surface area contributed by atoms with Crippen molar-refractivity contribution in [2.75, 3.05) is 0 Å². The zero-order valence-electron chi connectivity index (χ0n) is 9.31. The van der Waals surface area contributed by atoms with Gasteiger partial charge in [-0.15, -0.1) is 0 Å². The Bertz CT molecular complexity index is 444. The van der Waals surface area contributed by atoms with Gasteiger partial charge in [-0.1, -0.05) is 19.1 Å². The molecule has 0 aliphatic rings. The maximum absolute atomic E-state index is 13.3. The lowest BCUT2D eigenvalue weighted by Crippen LogP contribution is -2.38. The fourth-order valence-electron chi connectivity index (χ4n) is 1.34. The van der Waals surface area contributed by atoms with E-state index in [4.69, 9.17) is 0 Å². The average molecular weight is 267 g/mol. The van der Waals surface area contributed by atoms with Gasteiger partial charge in [0.1, 0.15) is 0 Å². The van der Waals surface area contributed by atoms with Crippen molar-refractivity contribution in [1.29, 1.82) is 0 Å². The van der Waals surface area contributed by atoms with E-state index in [-0.39, 0.29) is 6.42 Å². The van der Waals surface area contributed by atoms with Crippen LogP contribution in [0.3, 0.4) is 0 Å². The van der Waals surface area contributed by atoms with E-state index in [1.165, 1.54) is 6.92 Å². The van der Waals surface area contributed by atoms with E-state index in [1.807, 2.05) is 0 Å². The molecular weight excluding hydrogens is 257 g/mol. The van der Waals surface area contributed by atoms with Crippen LogP contribution in [-0.2, 0) is 4.79 Å². The minimum Gasteiger partial charge on any atom is -0.341 e. The number of halogens is 5. The number of carbonyl (C=O) groups excluding carboxylic acids is 1. The smallest absolute Gasteiger partial charge is 0.341 e. The summed E-state index contributed by atoms with van der Waals surface area (Å²) in [5.74, 6) is -3.91. The zero-order valence-corrected chi connectivity index (χ0v) is 9.31. The average Bonchev–Trinajstić information content (AvgIpc) is 2.28. The van der Waals surface area contributed by atoms with Crippen molar-refractivity contribution in [2.24, 2.45) is 0 Å². The SMILES string of the molecule is CCC(=O)N[C@H](c1cccc(F)c1F)C(F)(F)F.